The summed E-state index contributed by atoms with van der Waals surface area (Å²) in [6.45, 7) is 3.08. The first-order valence-electron chi connectivity index (χ1n) is 4.94. The first kappa shape index (κ1) is 13.5. The summed E-state index contributed by atoms with van der Waals surface area (Å²) in [5, 5.41) is 0. The standard InChI is InChI=1S/C12H13F3O2/c1-11(2,7-16)9-6-8(12(13,14)15)4-5-10(9)17-3/h4-7H,1-3H3. The summed E-state index contributed by atoms with van der Waals surface area (Å²) < 4.78 is 42.7. The Labute approximate surface area is 97.4 Å². The highest BCUT2D eigenvalue weighted by molar-refractivity contribution is 5.69. The molecule has 0 aromatic heterocycles. The molecule has 2 nitrogen and oxygen atoms in total. The summed E-state index contributed by atoms with van der Waals surface area (Å²) in [5.41, 5.74) is -1.58. The van der Waals surface area contributed by atoms with E-state index in [4.69, 9.17) is 4.74 Å². The van der Waals surface area contributed by atoms with E-state index in [0.717, 1.165) is 12.1 Å². The number of hydrogen-bond acceptors (Lipinski definition) is 2. The van der Waals surface area contributed by atoms with Gasteiger partial charge in [-0.15, -0.1) is 0 Å². The second kappa shape index (κ2) is 4.39. The van der Waals surface area contributed by atoms with Crippen LogP contribution in [0.5, 0.6) is 5.75 Å². The quantitative estimate of drug-likeness (QED) is 0.765. The highest BCUT2D eigenvalue weighted by Gasteiger charge is 2.33. The molecule has 17 heavy (non-hydrogen) atoms. The Bertz CT molecular complexity index is 422. The number of alkyl halides is 3. The fraction of sp³-hybridized carbons (Fsp3) is 0.417. The molecule has 0 N–H and O–H groups in total. The van der Waals surface area contributed by atoms with Gasteiger partial charge in [-0.3, -0.25) is 0 Å². The summed E-state index contributed by atoms with van der Waals surface area (Å²) in [4.78, 5) is 10.9. The SMILES string of the molecule is COc1ccc(C(F)(F)F)cc1C(C)(C)C=O. The van der Waals surface area contributed by atoms with Crippen molar-refractivity contribution in [2.45, 2.75) is 25.4 Å². The third-order valence-electron chi connectivity index (χ3n) is 2.52. The van der Waals surface area contributed by atoms with Gasteiger partial charge in [-0.2, -0.15) is 13.2 Å². The highest BCUT2D eigenvalue weighted by atomic mass is 19.4. The minimum Gasteiger partial charge on any atom is -0.496 e. The predicted octanol–water partition coefficient (Wildman–Crippen LogP) is 3.19. The van der Waals surface area contributed by atoms with Gasteiger partial charge in [-0.05, 0) is 32.0 Å². The van der Waals surface area contributed by atoms with E-state index in [2.05, 4.69) is 0 Å². The lowest BCUT2D eigenvalue weighted by molar-refractivity contribution is -0.137. The highest BCUT2D eigenvalue weighted by Crippen LogP contribution is 2.36. The van der Waals surface area contributed by atoms with Gasteiger partial charge in [-0.1, -0.05) is 0 Å². The van der Waals surface area contributed by atoms with E-state index >= 15 is 0 Å². The van der Waals surface area contributed by atoms with Crippen molar-refractivity contribution >= 4 is 6.29 Å². The maximum absolute atomic E-state index is 12.6. The predicted molar refractivity (Wildman–Crippen MR) is 57.1 cm³/mol. The second-order valence-electron chi connectivity index (χ2n) is 4.25. The first-order valence-corrected chi connectivity index (χ1v) is 4.94. The van der Waals surface area contributed by atoms with E-state index in [0.29, 0.717) is 6.29 Å². The van der Waals surface area contributed by atoms with Gasteiger partial charge in [0.15, 0.2) is 0 Å². The van der Waals surface area contributed by atoms with Gasteiger partial charge in [0, 0.05) is 11.0 Å². The zero-order chi connectivity index (χ0) is 13.3. The number of carbonyl (C=O) groups is 1. The normalized spacial score (nSPS) is 12.4. The minimum absolute atomic E-state index is 0.227. The topological polar surface area (TPSA) is 26.3 Å². The van der Waals surface area contributed by atoms with Crippen LogP contribution in [0.4, 0.5) is 13.2 Å². The molecule has 0 aliphatic heterocycles. The Kier molecular flexibility index (Phi) is 3.50. The maximum atomic E-state index is 12.6. The average Bonchev–Trinajstić information content (AvgIpc) is 2.27. The smallest absolute Gasteiger partial charge is 0.416 e. The Hall–Kier alpha value is -1.52. The van der Waals surface area contributed by atoms with E-state index in [1.165, 1.54) is 27.0 Å². The van der Waals surface area contributed by atoms with Crippen molar-refractivity contribution < 1.29 is 22.7 Å². The summed E-state index contributed by atoms with van der Waals surface area (Å²) in [6, 6.07) is 3.11. The number of carbonyl (C=O) groups excluding carboxylic acids is 1. The van der Waals surface area contributed by atoms with Crippen LogP contribution in [-0.2, 0) is 16.4 Å². The second-order valence-corrected chi connectivity index (χ2v) is 4.25. The van der Waals surface area contributed by atoms with Crippen LogP contribution >= 0.6 is 0 Å². The number of aldehydes is 1. The molecule has 0 heterocycles. The largest absolute Gasteiger partial charge is 0.496 e. The van der Waals surface area contributed by atoms with Crippen LogP contribution in [0, 0.1) is 0 Å². The van der Waals surface area contributed by atoms with Gasteiger partial charge in [0.1, 0.15) is 12.0 Å². The summed E-state index contributed by atoms with van der Waals surface area (Å²) in [5.74, 6) is 0.273. The van der Waals surface area contributed by atoms with E-state index in [-0.39, 0.29) is 11.3 Å². The Morgan fingerprint density at radius 2 is 1.82 bits per heavy atom. The molecule has 94 valence electrons. The minimum atomic E-state index is -4.43. The van der Waals surface area contributed by atoms with E-state index in [1.54, 1.807) is 0 Å². The molecule has 0 aliphatic rings. The lowest BCUT2D eigenvalue weighted by Gasteiger charge is -2.22. The molecule has 0 aliphatic carbocycles. The molecule has 1 aromatic rings. The number of hydrogen-bond donors (Lipinski definition) is 0. The van der Waals surface area contributed by atoms with Crippen molar-refractivity contribution in [3.63, 3.8) is 0 Å². The summed E-state index contributed by atoms with van der Waals surface area (Å²) >= 11 is 0. The monoisotopic (exact) mass is 246 g/mol. The zero-order valence-corrected chi connectivity index (χ0v) is 9.76. The molecule has 5 heteroatoms. The lowest BCUT2D eigenvalue weighted by atomic mass is 9.84. The maximum Gasteiger partial charge on any atom is 0.416 e. The molecule has 0 spiro atoms. The van der Waals surface area contributed by atoms with Crippen molar-refractivity contribution in [1.29, 1.82) is 0 Å². The van der Waals surface area contributed by atoms with E-state index < -0.39 is 17.2 Å². The summed E-state index contributed by atoms with van der Waals surface area (Å²) in [7, 11) is 1.35. The van der Waals surface area contributed by atoms with Crippen LogP contribution in [0.25, 0.3) is 0 Å². The van der Waals surface area contributed by atoms with E-state index in [1.807, 2.05) is 0 Å². The fourth-order valence-corrected chi connectivity index (χ4v) is 1.45. The Morgan fingerprint density at radius 3 is 2.24 bits per heavy atom. The molecular formula is C12H13F3O2. The molecule has 0 fully saturated rings. The van der Waals surface area contributed by atoms with Gasteiger partial charge in [0.25, 0.3) is 0 Å². The molecule has 1 rings (SSSR count). The van der Waals surface area contributed by atoms with Crippen LogP contribution in [0.3, 0.4) is 0 Å². The van der Waals surface area contributed by atoms with Crippen molar-refractivity contribution in [1.82, 2.24) is 0 Å². The number of benzene rings is 1. The van der Waals surface area contributed by atoms with Gasteiger partial charge in [0.05, 0.1) is 12.7 Å². The lowest BCUT2D eigenvalue weighted by Crippen LogP contribution is -2.21. The zero-order valence-electron chi connectivity index (χ0n) is 9.76. The molecule has 0 amide bonds. The van der Waals surface area contributed by atoms with Gasteiger partial charge in [0.2, 0.25) is 0 Å². The molecule has 0 unspecified atom stereocenters. The molecule has 0 atom stereocenters. The number of halogens is 3. The molecule has 0 saturated heterocycles. The fourth-order valence-electron chi connectivity index (χ4n) is 1.45. The molecule has 1 aromatic carbocycles. The third kappa shape index (κ3) is 2.78. The van der Waals surface area contributed by atoms with Crippen LogP contribution < -0.4 is 4.74 Å². The first-order chi connectivity index (χ1) is 7.72. The van der Waals surface area contributed by atoms with Crippen molar-refractivity contribution in [2.75, 3.05) is 7.11 Å². The van der Waals surface area contributed by atoms with Crippen molar-refractivity contribution in [3.8, 4) is 5.75 Å². The average molecular weight is 246 g/mol. The number of ether oxygens (including phenoxy) is 1. The van der Waals surface area contributed by atoms with Gasteiger partial charge >= 0.3 is 6.18 Å². The van der Waals surface area contributed by atoms with Crippen LogP contribution in [0.1, 0.15) is 25.0 Å². The molecular weight excluding hydrogens is 233 g/mol. The Balaban J connectivity index is 3.40. The van der Waals surface area contributed by atoms with Gasteiger partial charge in [-0.25, -0.2) is 0 Å². The Morgan fingerprint density at radius 1 is 1.24 bits per heavy atom. The van der Waals surface area contributed by atoms with Crippen LogP contribution in [-0.4, -0.2) is 13.4 Å². The van der Waals surface area contributed by atoms with Crippen molar-refractivity contribution in [2.24, 2.45) is 0 Å². The van der Waals surface area contributed by atoms with E-state index in [9.17, 15) is 18.0 Å². The van der Waals surface area contributed by atoms with Crippen LogP contribution in [0.15, 0.2) is 18.2 Å². The number of rotatable bonds is 3. The molecule has 0 radical (unpaired) electrons. The number of methoxy groups -OCH3 is 1. The van der Waals surface area contributed by atoms with Gasteiger partial charge < -0.3 is 9.53 Å². The van der Waals surface area contributed by atoms with Crippen molar-refractivity contribution in [3.05, 3.63) is 29.3 Å². The summed E-state index contributed by atoms with van der Waals surface area (Å²) in [6.07, 6.45) is -3.83. The van der Waals surface area contributed by atoms with Crippen LogP contribution in [0.2, 0.25) is 0 Å². The molecule has 0 saturated carbocycles. The third-order valence-corrected chi connectivity index (χ3v) is 2.52. The molecule has 0 bridgehead atoms.